The molecule has 0 fully saturated rings. The van der Waals surface area contributed by atoms with E-state index in [1.165, 1.54) is 5.56 Å². The van der Waals surface area contributed by atoms with Gasteiger partial charge in [0.1, 0.15) is 11.9 Å². The number of ether oxygens (including phenoxy) is 1. The zero-order chi connectivity index (χ0) is 14.1. The predicted molar refractivity (Wildman–Crippen MR) is 77.4 cm³/mol. The molecule has 0 aliphatic heterocycles. The Kier molecular flexibility index (Phi) is 6.97. The maximum absolute atomic E-state index is 11.5. The first-order chi connectivity index (χ1) is 9.11. The molecule has 0 spiro atoms. The molecule has 1 atom stereocenters. The monoisotopic (exact) mass is 264 g/mol. The van der Waals surface area contributed by atoms with Crippen molar-refractivity contribution in [1.29, 1.82) is 0 Å². The SMILES string of the molecule is CNCCCC(=O)NCC(C)Oc1ccc(C)cc1. The Balaban J connectivity index is 2.22. The van der Waals surface area contributed by atoms with Crippen LogP contribution in [-0.2, 0) is 4.79 Å². The molecular formula is C15H24N2O2. The van der Waals surface area contributed by atoms with Crippen LogP contribution in [0.2, 0.25) is 0 Å². The van der Waals surface area contributed by atoms with Gasteiger partial charge in [0, 0.05) is 6.42 Å². The van der Waals surface area contributed by atoms with Gasteiger partial charge in [-0.25, -0.2) is 0 Å². The van der Waals surface area contributed by atoms with Crippen LogP contribution < -0.4 is 15.4 Å². The highest BCUT2D eigenvalue weighted by molar-refractivity contribution is 5.75. The molecule has 106 valence electrons. The normalized spacial score (nSPS) is 11.9. The van der Waals surface area contributed by atoms with Gasteiger partial charge in [-0.1, -0.05) is 17.7 Å². The van der Waals surface area contributed by atoms with E-state index in [0.29, 0.717) is 13.0 Å². The number of hydrogen-bond acceptors (Lipinski definition) is 3. The fourth-order valence-corrected chi connectivity index (χ4v) is 1.66. The molecular weight excluding hydrogens is 240 g/mol. The second-order valence-electron chi connectivity index (χ2n) is 4.75. The Morgan fingerprint density at radius 2 is 2.00 bits per heavy atom. The minimum atomic E-state index is -0.0315. The highest BCUT2D eigenvalue weighted by Gasteiger charge is 2.06. The molecule has 1 unspecified atom stereocenters. The van der Waals surface area contributed by atoms with Crippen LogP contribution in [-0.4, -0.2) is 32.1 Å². The highest BCUT2D eigenvalue weighted by atomic mass is 16.5. The first kappa shape index (κ1) is 15.5. The van der Waals surface area contributed by atoms with Crippen LogP contribution in [0.3, 0.4) is 0 Å². The summed E-state index contributed by atoms with van der Waals surface area (Å²) in [7, 11) is 1.88. The largest absolute Gasteiger partial charge is 0.489 e. The third kappa shape index (κ3) is 6.82. The van der Waals surface area contributed by atoms with Gasteiger partial charge in [-0.3, -0.25) is 4.79 Å². The van der Waals surface area contributed by atoms with E-state index in [1.54, 1.807) is 0 Å². The summed E-state index contributed by atoms with van der Waals surface area (Å²) in [5.41, 5.74) is 1.21. The first-order valence-corrected chi connectivity index (χ1v) is 6.76. The number of benzene rings is 1. The fourth-order valence-electron chi connectivity index (χ4n) is 1.66. The summed E-state index contributed by atoms with van der Waals surface area (Å²) in [4.78, 5) is 11.5. The van der Waals surface area contributed by atoms with Crippen LogP contribution in [0.5, 0.6) is 5.75 Å². The van der Waals surface area contributed by atoms with Crippen molar-refractivity contribution in [1.82, 2.24) is 10.6 Å². The van der Waals surface area contributed by atoms with Crippen molar-refractivity contribution in [2.75, 3.05) is 20.1 Å². The smallest absolute Gasteiger partial charge is 0.220 e. The van der Waals surface area contributed by atoms with E-state index in [1.807, 2.05) is 45.2 Å². The Morgan fingerprint density at radius 3 is 2.63 bits per heavy atom. The molecule has 0 aliphatic carbocycles. The Hall–Kier alpha value is -1.55. The van der Waals surface area contributed by atoms with E-state index < -0.39 is 0 Å². The summed E-state index contributed by atoms with van der Waals surface area (Å²) < 4.78 is 5.72. The molecule has 0 bridgehead atoms. The van der Waals surface area contributed by atoms with Gasteiger partial charge in [-0.15, -0.1) is 0 Å². The van der Waals surface area contributed by atoms with E-state index in [9.17, 15) is 4.79 Å². The number of rotatable bonds is 8. The van der Waals surface area contributed by atoms with Crippen LogP contribution in [0.4, 0.5) is 0 Å². The van der Waals surface area contributed by atoms with Crippen LogP contribution >= 0.6 is 0 Å². The van der Waals surface area contributed by atoms with Gasteiger partial charge in [-0.05, 0) is 46.0 Å². The van der Waals surface area contributed by atoms with Gasteiger partial charge in [0.05, 0.1) is 6.54 Å². The molecule has 0 aromatic heterocycles. The lowest BCUT2D eigenvalue weighted by molar-refractivity contribution is -0.121. The number of hydrogen-bond donors (Lipinski definition) is 2. The molecule has 2 N–H and O–H groups in total. The van der Waals surface area contributed by atoms with Gasteiger partial charge in [0.25, 0.3) is 0 Å². The van der Waals surface area contributed by atoms with Crippen molar-refractivity contribution >= 4 is 5.91 Å². The highest BCUT2D eigenvalue weighted by Crippen LogP contribution is 2.12. The van der Waals surface area contributed by atoms with Crippen LogP contribution in [0, 0.1) is 6.92 Å². The summed E-state index contributed by atoms with van der Waals surface area (Å²) in [6, 6.07) is 7.91. The molecule has 19 heavy (non-hydrogen) atoms. The number of aryl methyl sites for hydroxylation is 1. The summed E-state index contributed by atoms with van der Waals surface area (Å²) in [6.07, 6.45) is 1.38. The van der Waals surface area contributed by atoms with Crippen LogP contribution in [0.15, 0.2) is 24.3 Å². The van der Waals surface area contributed by atoms with Gasteiger partial charge in [0.15, 0.2) is 0 Å². The lowest BCUT2D eigenvalue weighted by Crippen LogP contribution is -2.33. The molecule has 0 radical (unpaired) electrons. The van der Waals surface area contributed by atoms with E-state index in [-0.39, 0.29) is 12.0 Å². The zero-order valence-electron chi connectivity index (χ0n) is 12.0. The predicted octanol–water partition coefficient (Wildman–Crippen LogP) is 1.88. The molecule has 1 aromatic rings. The zero-order valence-corrected chi connectivity index (χ0v) is 12.0. The average Bonchev–Trinajstić information content (AvgIpc) is 2.39. The number of nitrogens with one attached hydrogen (secondary N) is 2. The molecule has 4 nitrogen and oxygen atoms in total. The van der Waals surface area contributed by atoms with Crippen LogP contribution in [0.1, 0.15) is 25.3 Å². The maximum atomic E-state index is 11.5. The lowest BCUT2D eigenvalue weighted by Gasteiger charge is -2.15. The van der Waals surface area contributed by atoms with Gasteiger partial charge >= 0.3 is 0 Å². The fraction of sp³-hybridized carbons (Fsp3) is 0.533. The number of carbonyl (C=O) groups is 1. The third-order valence-electron chi connectivity index (χ3n) is 2.78. The molecule has 4 heteroatoms. The van der Waals surface area contributed by atoms with Crippen molar-refractivity contribution in [2.45, 2.75) is 32.8 Å². The van der Waals surface area contributed by atoms with Crippen molar-refractivity contribution in [2.24, 2.45) is 0 Å². The summed E-state index contributed by atoms with van der Waals surface area (Å²) in [5, 5.41) is 5.90. The van der Waals surface area contributed by atoms with E-state index in [4.69, 9.17) is 4.74 Å². The Labute approximate surface area is 115 Å². The maximum Gasteiger partial charge on any atom is 0.220 e. The quantitative estimate of drug-likeness (QED) is 0.705. The topological polar surface area (TPSA) is 50.4 Å². The minimum Gasteiger partial charge on any atom is -0.489 e. The number of amides is 1. The first-order valence-electron chi connectivity index (χ1n) is 6.76. The molecule has 1 aromatic carbocycles. The average molecular weight is 264 g/mol. The molecule has 1 rings (SSSR count). The van der Waals surface area contributed by atoms with Crippen molar-refractivity contribution in [3.05, 3.63) is 29.8 Å². The van der Waals surface area contributed by atoms with Gasteiger partial charge in [-0.2, -0.15) is 0 Å². The van der Waals surface area contributed by atoms with Crippen LogP contribution in [0.25, 0.3) is 0 Å². The van der Waals surface area contributed by atoms with E-state index in [0.717, 1.165) is 18.7 Å². The van der Waals surface area contributed by atoms with Gasteiger partial charge in [0.2, 0.25) is 5.91 Å². The summed E-state index contributed by atoms with van der Waals surface area (Å²) in [5.74, 6) is 0.914. The van der Waals surface area contributed by atoms with Crippen molar-refractivity contribution < 1.29 is 9.53 Å². The van der Waals surface area contributed by atoms with E-state index in [2.05, 4.69) is 10.6 Å². The van der Waals surface area contributed by atoms with Crippen molar-refractivity contribution in [3.63, 3.8) is 0 Å². The third-order valence-corrected chi connectivity index (χ3v) is 2.78. The molecule has 0 saturated heterocycles. The second-order valence-corrected chi connectivity index (χ2v) is 4.75. The Bertz CT molecular complexity index is 376. The minimum absolute atomic E-state index is 0.0315. The molecule has 0 aliphatic rings. The molecule has 0 saturated carbocycles. The second kappa shape index (κ2) is 8.53. The summed E-state index contributed by atoms with van der Waals surface area (Å²) >= 11 is 0. The summed E-state index contributed by atoms with van der Waals surface area (Å²) in [6.45, 7) is 5.39. The Morgan fingerprint density at radius 1 is 1.32 bits per heavy atom. The van der Waals surface area contributed by atoms with Gasteiger partial charge < -0.3 is 15.4 Å². The number of carbonyl (C=O) groups excluding carboxylic acids is 1. The molecule has 0 heterocycles. The molecule has 1 amide bonds. The van der Waals surface area contributed by atoms with E-state index >= 15 is 0 Å². The standard InChI is InChI=1S/C15H24N2O2/c1-12-6-8-14(9-7-12)19-13(2)11-17-15(18)5-4-10-16-3/h6-9,13,16H,4-5,10-11H2,1-3H3,(H,17,18). The van der Waals surface area contributed by atoms with Crippen molar-refractivity contribution in [3.8, 4) is 5.75 Å². The lowest BCUT2D eigenvalue weighted by atomic mass is 10.2.